The first-order chi connectivity index (χ1) is 6.21. The molecule has 0 aromatic rings. The number of aliphatic carboxylic acids is 1. The zero-order chi connectivity index (χ0) is 9.73. The van der Waals surface area contributed by atoms with E-state index in [1.54, 1.807) is 0 Å². The van der Waals surface area contributed by atoms with Crippen molar-refractivity contribution in [3.8, 4) is 0 Å². The van der Waals surface area contributed by atoms with Crippen molar-refractivity contribution in [2.75, 3.05) is 26.4 Å². The van der Waals surface area contributed by atoms with E-state index in [-0.39, 0.29) is 19.8 Å². The Bertz CT molecular complexity index is 173. The van der Waals surface area contributed by atoms with Crippen LogP contribution in [0.25, 0.3) is 0 Å². The average Bonchev–Trinajstić information content (AvgIpc) is 2.16. The molecule has 5 nitrogen and oxygen atoms in total. The van der Waals surface area contributed by atoms with Gasteiger partial charge in [0, 0.05) is 6.61 Å². The number of rotatable bonds is 4. The lowest BCUT2D eigenvalue weighted by Crippen LogP contribution is -2.49. The molecule has 1 saturated heterocycles. The first kappa shape index (κ1) is 10.4. The summed E-state index contributed by atoms with van der Waals surface area (Å²) in [6.45, 7) is 0.518. The van der Waals surface area contributed by atoms with Crippen molar-refractivity contribution >= 4 is 5.97 Å². The van der Waals surface area contributed by atoms with Gasteiger partial charge in [-0.05, 0) is 12.8 Å². The van der Waals surface area contributed by atoms with Crippen LogP contribution < -0.4 is 0 Å². The second kappa shape index (κ2) is 4.55. The molecule has 0 amide bonds. The highest BCUT2D eigenvalue weighted by atomic mass is 16.6. The predicted octanol–water partition coefficient (Wildman–Crippen LogP) is -0.371. The Kier molecular flexibility index (Phi) is 3.65. The minimum absolute atomic E-state index is 0.0374. The van der Waals surface area contributed by atoms with Crippen LogP contribution in [0.5, 0.6) is 0 Å². The van der Waals surface area contributed by atoms with E-state index in [4.69, 9.17) is 19.7 Å². The van der Waals surface area contributed by atoms with E-state index in [0.717, 1.165) is 0 Å². The topological polar surface area (TPSA) is 76.0 Å². The molecule has 76 valence electrons. The standard InChI is InChI=1S/C8H14O5/c9-3-5-13-8(7(10)11)2-1-4-12-6-8/h9H,1-6H2,(H,10,11). The maximum absolute atomic E-state index is 10.9. The number of carboxylic acid groups (broad SMARTS) is 1. The van der Waals surface area contributed by atoms with Gasteiger partial charge in [0.2, 0.25) is 0 Å². The second-order valence-electron chi connectivity index (χ2n) is 3.03. The summed E-state index contributed by atoms with van der Waals surface area (Å²) in [5, 5.41) is 17.5. The zero-order valence-electron chi connectivity index (χ0n) is 7.36. The smallest absolute Gasteiger partial charge is 0.338 e. The van der Waals surface area contributed by atoms with Crippen molar-refractivity contribution in [1.82, 2.24) is 0 Å². The molecule has 2 N–H and O–H groups in total. The summed E-state index contributed by atoms with van der Waals surface area (Å²) in [5.41, 5.74) is -1.24. The fourth-order valence-electron chi connectivity index (χ4n) is 1.35. The summed E-state index contributed by atoms with van der Waals surface area (Å²) in [5.74, 6) is -1.01. The number of hydrogen-bond donors (Lipinski definition) is 2. The number of aliphatic hydroxyl groups excluding tert-OH is 1. The molecule has 1 aliphatic rings. The molecule has 1 unspecified atom stereocenters. The lowest BCUT2D eigenvalue weighted by Gasteiger charge is -2.32. The summed E-state index contributed by atoms with van der Waals surface area (Å²) in [4.78, 5) is 10.9. The second-order valence-corrected chi connectivity index (χ2v) is 3.03. The van der Waals surface area contributed by atoms with E-state index < -0.39 is 11.6 Å². The minimum atomic E-state index is -1.24. The molecule has 0 aliphatic carbocycles. The van der Waals surface area contributed by atoms with Crippen LogP contribution in [0.2, 0.25) is 0 Å². The molecule has 5 heteroatoms. The molecule has 0 bridgehead atoms. The van der Waals surface area contributed by atoms with E-state index in [9.17, 15) is 4.79 Å². The number of carbonyl (C=O) groups is 1. The molecule has 0 saturated carbocycles. The molecule has 0 aromatic carbocycles. The first-order valence-corrected chi connectivity index (χ1v) is 4.27. The Hall–Kier alpha value is -0.650. The van der Waals surface area contributed by atoms with Gasteiger partial charge in [-0.2, -0.15) is 0 Å². The minimum Gasteiger partial charge on any atom is -0.479 e. The van der Waals surface area contributed by atoms with Crippen molar-refractivity contribution in [3.05, 3.63) is 0 Å². The lowest BCUT2D eigenvalue weighted by molar-refractivity contribution is -0.185. The molecule has 0 spiro atoms. The van der Waals surface area contributed by atoms with Crippen molar-refractivity contribution in [2.24, 2.45) is 0 Å². The van der Waals surface area contributed by atoms with Gasteiger partial charge in [0.25, 0.3) is 0 Å². The zero-order valence-corrected chi connectivity index (χ0v) is 7.36. The first-order valence-electron chi connectivity index (χ1n) is 4.27. The van der Waals surface area contributed by atoms with Crippen LogP contribution in [-0.2, 0) is 14.3 Å². The molecule has 0 radical (unpaired) electrons. The van der Waals surface area contributed by atoms with Gasteiger partial charge in [0.15, 0.2) is 5.60 Å². The van der Waals surface area contributed by atoms with Crippen molar-refractivity contribution < 1.29 is 24.5 Å². The Morgan fingerprint density at radius 2 is 2.38 bits per heavy atom. The third-order valence-corrected chi connectivity index (χ3v) is 2.06. The van der Waals surface area contributed by atoms with Crippen molar-refractivity contribution in [1.29, 1.82) is 0 Å². The van der Waals surface area contributed by atoms with E-state index >= 15 is 0 Å². The monoisotopic (exact) mass is 190 g/mol. The van der Waals surface area contributed by atoms with Crippen molar-refractivity contribution in [2.45, 2.75) is 18.4 Å². The van der Waals surface area contributed by atoms with Gasteiger partial charge in [-0.15, -0.1) is 0 Å². The lowest BCUT2D eigenvalue weighted by atomic mass is 9.97. The predicted molar refractivity (Wildman–Crippen MR) is 43.5 cm³/mol. The summed E-state index contributed by atoms with van der Waals surface area (Å²) >= 11 is 0. The number of carboxylic acids is 1. The van der Waals surface area contributed by atoms with Gasteiger partial charge >= 0.3 is 5.97 Å². The van der Waals surface area contributed by atoms with Gasteiger partial charge in [-0.3, -0.25) is 0 Å². The molecular weight excluding hydrogens is 176 g/mol. The Balaban J connectivity index is 2.56. The van der Waals surface area contributed by atoms with Crippen LogP contribution in [0.1, 0.15) is 12.8 Å². The molecule has 1 rings (SSSR count). The van der Waals surface area contributed by atoms with Crippen molar-refractivity contribution in [3.63, 3.8) is 0 Å². The molecule has 0 aromatic heterocycles. The van der Waals surface area contributed by atoms with Crippen LogP contribution in [-0.4, -0.2) is 48.2 Å². The van der Waals surface area contributed by atoms with Gasteiger partial charge < -0.3 is 19.7 Å². The van der Waals surface area contributed by atoms with E-state index in [1.807, 2.05) is 0 Å². The number of ether oxygens (including phenoxy) is 2. The maximum atomic E-state index is 10.9. The van der Waals surface area contributed by atoms with Crippen LogP contribution in [0.15, 0.2) is 0 Å². The third-order valence-electron chi connectivity index (χ3n) is 2.06. The van der Waals surface area contributed by atoms with Crippen LogP contribution in [0, 0.1) is 0 Å². The summed E-state index contributed by atoms with van der Waals surface area (Å²) in [6.07, 6.45) is 1.13. The Morgan fingerprint density at radius 3 is 2.85 bits per heavy atom. The molecule has 1 atom stereocenters. The largest absolute Gasteiger partial charge is 0.479 e. The van der Waals surface area contributed by atoms with Crippen LogP contribution in [0.3, 0.4) is 0 Å². The molecule has 1 fully saturated rings. The highest BCUT2D eigenvalue weighted by molar-refractivity contribution is 5.77. The van der Waals surface area contributed by atoms with Crippen LogP contribution in [0.4, 0.5) is 0 Å². The van der Waals surface area contributed by atoms with Gasteiger partial charge in [0.1, 0.15) is 0 Å². The number of hydrogen-bond acceptors (Lipinski definition) is 4. The fraction of sp³-hybridized carbons (Fsp3) is 0.875. The molecular formula is C8H14O5. The highest BCUT2D eigenvalue weighted by Gasteiger charge is 2.41. The van der Waals surface area contributed by atoms with Gasteiger partial charge in [0.05, 0.1) is 19.8 Å². The van der Waals surface area contributed by atoms with Crippen LogP contribution >= 0.6 is 0 Å². The Labute approximate surface area is 76.3 Å². The normalized spacial score (nSPS) is 28.7. The molecule has 13 heavy (non-hydrogen) atoms. The average molecular weight is 190 g/mol. The maximum Gasteiger partial charge on any atom is 0.338 e. The van der Waals surface area contributed by atoms with E-state index in [1.165, 1.54) is 0 Å². The van der Waals surface area contributed by atoms with Gasteiger partial charge in [-0.25, -0.2) is 4.79 Å². The molecule has 1 aliphatic heterocycles. The molecule has 1 heterocycles. The number of aliphatic hydroxyl groups is 1. The van der Waals surface area contributed by atoms with Gasteiger partial charge in [-0.1, -0.05) is 0 Å². The summed E-state index contributed by atoms with van der Waals surface area (Å²) < 4.78 is 10.2. The fourth-order valence-corrected chi connectivity index (χ4v) is 1.35. The van der Waals surface area contributed by atoms with E-state index in [0.29, 0.717) is 19.4 Å². The SMILES string of the molecule is O=C(O)C1(OCCO)CCCOC1. The Morgan fingerprint density at radius 1 is 1.62 bits per heavy atom. The summed E-state index contributed by atoms with van der Waals surface area (Å²) in [7, 11) is 0. The highest BCUT2D eigenvalue weighted by Crippen LogP contribution is 2.23. The quantitative estimate of drug-likeness (QED) is 0.632. The third kappa shape index (κ3) is 2.40. The summed E-state index contributed by atoms with van der Waals surface area (Å²) in [6, 6.07) is 0. The van der Waals surface area contributed by atoms with E-state index in [2.05, 4.69) is 0 Å².